The molecule has 7 nitrogen and oxygen atoms in total. The van der Waals surface area contributed by atoms with Gasteiger partial charge in [-0.3, -0.25) is 14.3 Å². The number of thiophene rings is 1. The zero-order chi connectivity index (χ0) is 15.9. The van der Waals surface area contributed by atoms with Crippen molar-refractivity contribution >= 4 is 11.3 Å². The average Bonchev–Trinajstić information content (AvgIpc) is 3.10. The summed E-state index contributed by atoms with van der Waals surface area (Å²) in [6.07, 6.45) is -0.599. The number of H-pyrrole nitrogens is 1. The van der Waals surface area contributed by atoms with Crippen molar-refractivity contribution in [3.63, 3.8) is 0 Å². The van der Waals surface area contributed by atoms with Crippen molar-refractivity contribution in [2.45, 2.75) is 24.7 Å². The smallest absolute Gasteiger partial charge is 0.328 e. The summed E-state index contributed by atoms with van der Waals surface area (Å²) in [6, 6.07) is 2.88. The molecule has 0 aliphatic heterocycles. The number of hydrogen-bond donors (Lipinski definition) is 4. The van der Waals surface area contributed by atoms with Gasteiger partial charge in [-0.25, -0.2) is 4.79 Å². The van der Waals surface area contributed by atoms with Crippen LogP contribution in [0.25, 0.3) is 10.4 Å². The molecule has 0 unspecified atom stereocenters. The van der Waals surface area contributed by atoms with Crippen molar-refractivity contribution in [2.75, 3.05) is 6.61 Å². The quantitative estimate of drug-likeness (QED) is 0.610. The molecule has 0 saturated heterocycles. The van der Waals surface area contributed by atoms with E-state index in [-0.39, 0.29) is 13.0 Å². The van der Waals surface area contributed by atoms with Crippen LogP contribution in [0.3, 0.4) is 0 Å². The van der Waals surface area contributed by atoms with Crippen molar-refractivity contribution in [2.24, 2.45) is 5.92 Å². The molecule has 0 amide bonds. The Morgan fingerprint density at radius 2 is 2.09 bits per heavy atom. The minimum absolute atomic E-state index is 0.259. The summed E-state index contributed by atoms with van der Waals surface area (Å²) in [4.78, 5) is 27.0. The van der Waals surface area contributed by atoms with Gasteiger partial charge in [-0.2, -0.15) is 0 Å². The number of nitrogens with zero attached hydrogens (tertiary/aromatic N) is 1. The summed E-state index contributed by atoms with van der Waals surface area (Å²) in [5.41, 5.74) is -0.792. The second kappa shape index (κ2) is 5.81. The molecular weight excluding hydrogens is 308 g/mol. The lowest BCUT2D eigenvalue weighted by molar-refractivity contribution is -0.00454. The number of aliphatic hydroxyl groups excluding tert-OH is 3. The Labute approximate surface area is 129 Å². The standard InChI is InChI=1S/C14H16N2O5S/c17-6-7-4-9(12(19)11(7)18)16-5-8(10-2-1-3-22-10)13(20)15-14(16)21/h1-3,5,7,9,11-12,17-19H,4,6H2,(H,15,20,21)/t7-,9-,11-,12+/m1/s1. The first-order valence-electron chi connectivity index (χ1n) is 6.89. The summed E-state index contributed by atoms with van der Waals surface area (Å²) >= 11 is 1.37. The van der Waals surface area contributed by atoms with Gasteiger partial charge in [0.15, 0.2) is 0 Å². The van der Waals surface area contributed by atoms with Gasteiger partial charge in [-0.15, -0.1) is 11.3 Å². The van der Waals surface area contributed by atoms with Gasteiger partial charge < -0.3 is 15.3 Å². The van der Waals surface area contributed by atoms with Gasteiger partial charge >= 0.3 is 5.69 Å². The highest BCUT2D eigenvalue weighted by molar-refractivity contribution is 7.13. The van der Waals surface area contributed by atoms with Crippen molar-refractivity contribution < 1.29 is 15.3 Å². The molecule has 1 aliphatic carbocycles. The highest BCUT2D eigenvalue weighted by Gasteiger charge is 2.42. The number of nitrogens with one attached hydrogen (secondary N) is 1. The molecule has 1 aliphatic rings. The van der Waals surface area contributed by atoms with Crippen LogP contribution in [0.1, 0.15) is 12.5 Å². The second-order valence-electron chi connectivity index (χ2n) is 5.41. The van der Waals surface area contributed by atoms with Crippen LogP contribution in [0.2, 0.25) is 0 Å². The molecule has 0 bridgehead atoms. The maximum Gasteiger partial charge on any atom is 0.328 e. The Morgan fingerprint density at radius 1 is 1.32 bits per heavy atom. The predicted molar refractivity (Wildman–Crippen MR) is 80.9 cm³/mol. The Bertz CT molecular complexity index is 766. The third-order valence-electron chi connectivity index (χ3n) is 4.12. The predicted octanol–water partition coefficient (Wildman–Crippen LogP) is -0.460. The van der Waals surface area contributed by atoms with Gasteiger partial charge in [-0.05, 0) is 17.9 Å². The van der Waals surface area contributed by atoms with Crippen LogP contribution in [-0.2, 0) is 0 Å². The van der Waals surface area contributed by atoms with Crippen molar-refractivity contribution in [3.05, 3.63) is 44.5 Å². The molecule has 4 N–H and O–H groups in total. The number of aromatic amines is 1. The van der Waals surface area contributed by atoms with Gasteiger partial charge in [0.1, 0.15) is 6.10 Å². The molecule has 2 heterocycles. The molecule has 2 aromatic rings. The molecule has 1 saturated carbocycles. The van der Waals surface area contributed by atoms with E-state index < -0.39 is 35.4 Å². The van der Waals surface area contributed by atoms with E-state index in [1.54, 1.807) is 12.1 Å². The Hall–Kier alpha value is -1.74. The lowest BCUT2D eigenvalue weighted by Gasteiger charge is -2.19. The van der Waals surface area contributed by atoms with Crippen LogP contribution in [0.4, 0.5) is 0 Å². The second-order valence-corrected chi connectivity index (χ2v) is 6.36. The fourth-order valence-electron chi connectivity index (χ4n) is 2.90. The zero-order valence-corrected chi connectivity index (χ0v) is 12.4. The maximum absolute atomic E-state index is 12.1. The highest BCUT2D eigenvalue weighted by atomic mass is 32.1. The molecule has 8 heteroatoms. The molecule has 2 aromatic heterocycles. The molecule has 4 atom stereocenters. The molecule has 0 aromatic carbocycles. The van der Waals surface area contributed by atoms with E-state index in [1.165, 1.54) is 22.1 Å². The van der Waals surface area contributed by atoms with Crippen LogP contribution in [-0.4, -0.2) is 43.7 Å². The summed E-state index contributed by atoms with van der Waals surface area (Å²) in [7, 11) is 0. The van der Waals surface area contributed by atoms with E-state index in [0.29, 0.717) is 10.4 Å². The Morgan fingerprint density at radius 3 is 2.68 bits per heavy atom. The molecule has 118 valence electrons. The molecular formula is C14H16N2O5S. The van der Waals surface area contributed by atoms with Gasteiger partial charge in [0.2, 0.25) is 0 Å². The molecule has 0 spiro atoms. The van der Waals surface area contributed by atoms with Gasteiger partial charge in [0, 0.05) is 23.6 Å². The molecule has 1 fully saturated rings. The SMILES string of the molecule is O=c1[nH]c(=O)n([C@@H]2C[C@H](CO)[C@@H](O)[C@H]2O)cc1-c1cccs1. The van der Waals surface area contributed by atoms with Crippen LogP contribution in [0.5, 0.6) is 0 Å². The van der Waals surface area contributed by atoms with E-state index in [0.717, 1.165) is 0 Å². The summed E-state index contributed by atoms with van der Waals surface area (Å²) in [5.74, 6) is -0.496. The third-order valence-corrected chi connectivity index (χ3v) is 5.02. The Balaban J connectivity index is 2.07. The van der Waals surface area contributed by atoms with Gasteiger partial charge in [0.25, 0.3) is 5.56 Å². The van der Waals surface area contributed by atoms with E-state index in [1.807, 2.05) is 5.38 Å². The largest absolute Gasteiger partial charge is 0.396 e. The number of rotatable bonds is 3. The Kier molecular flexibility index (Phi) is 4.00. The van der Waals surface area contributed by atoms with Crippen LogP contribution in [0.15, 0.2) is 33.3 Å². The summed E-state index contributed by atoms with van der Waals surface area (Å²) in [6.45, 7) is -0.273. The number of aromatic nitrogens is 2. The zero-order valence-electron chi connectivity index (χ0n) is 11.5. The first-order chi connectivity index (χ1) is 10.5. The van der Waals surface area contributed by atoms with Gasteiger partial charge in [0.05, 0.1) is 17.7 Å². The number of hydrogen-bond acceptors (Lipinski definition) is 6. The normalized spacial score (nSPS) is 28.1. The maximum atomic E-state index is 12.1. The van der Waals surface area contributed by atoms with E-state index in [2.05, 4.69) is 4.98 Å². The van der Waals surface area contributed by atoms with E-state index in [4.69, 9.17) is 0 Å². The number of aliphatic hydroxyl groups is 3. The first-order valence-corrected chi connectivity index (χ1v) is 7.77. The van der Waals surface area contributed by atoms with Crippen molar-refractivity contribution in [1.29, 1.82) is 0 Å². The van der Waals surface area contributed by atoms with Crippen LogP contribution >= 0.6 is 11.3 Å². The first kappa shape index (κ1) is 15.2. The molecule has 22 heavy (non-hydrogen) atoms. The van der Waals surface area contributed by atoms with Crippen LogP contribution < -0.4 is 11.2 Å². The van der Waals surface area contributed by atoms with E-state index in [9.17, 15) is 24.9 Å². The minimum Gasteiger partial charge on any atom is -0.396 e. The van der Waals surface area contributed by atoms with Gasteiger partial charge in [-0.1, -0.05) is 6.07 Å². The summed E-state index contributed by atoms with van der Waals surface area (Å²) < 4.78 is 1.24. The van der Waals surface area contributed by atoms with Crippen LogP contribution in [0, 0.1) is 5.92 Å². The topological polar surface area (TPSA) is 116 Å². The minimum atomic E-state index is -1.17. The van der Waals surface area contributed by atoms with E-state index >= 15 is 0 Å². The average molecular weight is 324 g/mol. The lowest BCUT2D eigenvalue weighted by Crippen LogP contribution is -2.37. The third kappa shape index (κ3) is 2.44. The lowest BCUT2D eigenvalue weighted by atomic mass is 10.1. The highest BCUT2D eigenvalue weighted by Crippen LogP contribution is 2.34. The van der Waals surface area contributed by atoms with Crippen molar-refractivity contribution in [3.8, 4) is 10.4 Å². The molecule has 0 radical (unpaired) electrons. The molecule has 3 rings (SSSR count). The monoisotopic (exact) mass is 324 g/mol. The summed E-state index contributed by atoms with van der Waals surface area (Å²) in [5, 5.41) is 31.1. The van der Waals surface area contributed by atoms with Crippen molar-refractivity contribution in [1.82, 2.24) is 9.55 Å². The fourth-order valence-corrected chi connectivity index (χ4v) is 3.63. The fraction of sp³-hybridized carbons (Fsp3) is 0.429.